The Morgan fingerprint density at radius 3 is 2.81 bits per heavy atom. The quantitative estimate of drug-likeness (QED) is 0.669. The number of hydrogen-bond acceptors (Lipinski definition) is 6. The first-order chi connectivity index (χ1) is 11.8. The van der Waals surface area contributed by atoms with E-state index >= 15 is 0 Å². The second kappa shape index (κ2) is 8.41. The number of pyridine rings is 1. The van der Waals surface area contributed by atoms with Gasteiger partial charge >= 0.3 is 6.09 Å². The number of ether oxygens (including phenoxy) is 1. The maximum absolute atomic E-state index is 12.3. The van der Waals surface area contributed by atoms with Crippen molar-refractivity contribution >= 4 is 36.0 Å². The summed E-state index contributed by atoms with van der Waals surface area (Å²) in [5.74, 6) is 0.912. The Morgan fingerprint density at radius 2 is 2.12 bits per heavy atom. The van der Waals surface area contributed by atoms with Crippen LogP contribution in [0.1, 0.15) is 31.9 Å². The normalized spacial score (nSPS) is 19.4. The van der Waals surface area contributed by atoms with Crippen LogP contribution in [0.5, 0.6) is 0 Å². The Bertz CT molecular complexity index is 674. The zero-order valence-electron chi connectivity index (χ0n) is 15.9. The molecular weight excluding hydrogens is 445 g/mol. The molecule has 2 aliphatic rings. The number of carbonyl (C=O) groups is 1. The van der Waals surface area contributed by atoms with Gasteiger partial charge in [-0.1, -0.05) is 6.07 Å². The summed E-state index contributed by atoms with van der Waals surface area (Å²) < 4.78 is 5.48. The van der Waals surface area contributed by atoms with Crippen LogP contribution in [0.4, 0.5) is 4.79 Å². The fourth-order valence-corrected chi connectivity index (χ4v) is 3.12. The molecule has 2 aliphatic heterocycles. The van der Waals surface area contributed by atoms with E-state index in [1.807, 2.05) is 40.1 Å². The van der Waals surface area contributed by atoms with Crippen molar-refractivity contribution in [1.29, 1.82) is 0 Å². The van der Waals surface area contributed by atoms with Crippen molar-refractivity contribution < 1.29 is 9.53 Å². The van der Waals surface area contributed by atoms with Gasteiger partial charge in [0.2, 0.25) is 0 Å². The molecule has 1 N–H and O–H groups in total. The number of rotatable bonds is 2. The van der Waals surface area contributed by atoms with Gasteiger partial charge in [-0.15, -0.1) is 24.0 Å². The summed E-state index contributed by atoms with van der Waals surface area (Å²) >= 11 is 0. The molecule has 1 aromatic heterocycles. The molecule has 8 heteroatoms. The average Bonchev–Trinajstić information content (AvgIpc) is 2.93. The molecule has 7 nitrogen and oxygen atoms in total. The van der Waals surface area contributed by atoms with E-state index in [-0.39, 0.29) is 36.1 Å². The molecule has 1 fully saturated rings. The second-order valence-corrected chi connectivity index (χ2v) is 7.66. The number of halogens is 1. The number of guanidine groups is 1. The first-order valence-electron chi connectivity index (χ1n) is 8.75. The number of hydrogen-bond donors (Lipinski definition) is 1. The van der Waals surface area contributed by atoms with Gasteiger partial charge in [-0.2, -0.15) is 0 Å². The minimum Gasteiger partial charge on any atom is -0.444 e. The minimum atomic E-state index is -0.463. The van der Waals surface area contributed by atoms with Gasteiger partial charge in [0.25, 0.3) is 0 Å². The lowest BCUT2D eigenvalue weighted by atomic mass is 10.2. The van der Waals surface area contributed by atoms with Gasteiger partial charge in [0.05, 0.1) is 12.6 Å². The molecule has 1 saturated heterocycles. The largest absolute Gasteiger partial charge is 0.444 e. The van der Waals surface area contributed by atoms with E-state index in [9.17, 15) is 4.79 Å². The molecule has 1 unspecified atom stereocenters. The minimum absolute atomic E-state index is 0. The Morgan fingerprint density at radius 1 is 1.35 bits per heavy atom. The summed E-state index contributed by atoms with van der Waals surface area (Å²) in [6.07, 6.45) is 3.48. The third-order valence-electron chi connectivity index (χ3n) is 4.24. The predicted molar refractivity (Wildman–Crippen MR) is 112 cm³/mol. The fourth-order valence-electron chi connectivity index (χ4n) is 3.12. The van der Waals surface area contributed by atoms with Crippen molar-refractivity contribution in [1.82, 2.24) is 20.1 Å². The van der Waals surface area contributed by atoms with Gasteiger partial charge < -0.3 is 19.9 Å². The molecule has 1 amide bonds. The van der Waals surface area contributed by atoms with Crippen molar-refractivity contribution in [3.05, 3.63) is 29.6 Å². The molecule has 3 heterocycles. The molecule has 1 atom stereocenters. The number of piperazine rings is 1. The zero-order chi connectivity index (χ0) is 18.0. The van der Waals surface area contributed by atoms with Crippen molar-refractivity contribution in [2.24, 2.45) is 4.99 Å². The van der Waals surface area contributed by atoms with Gasteiger partial charge in [0.1, 0.15) is 5.60 Å². The number of carbonyl (C=O) groups excluding carboxylic acids is 1. The number of nitrogens with one attached hydrogen (secondary N) is 1. The van der Waals surface area contributed by atoms with Gasteiger partial charge in [0, 0.05) is 38.6 Å². The Balaban J connectivity index is 0.00000243. The standard InChI is InChI=1S/C18H27N5O2.HI/c1-13-7-14(9-19-8-13)10-20-16-21-11-15-12-22(5-6-23(15)16)17(24)25-18(2,3)4;/h7-9,15H,5-6,10-12H2,1-4H3,(H,20,21);1H. The Labute approximate surface area is 172 Å². The van der Waals surface area contributed by atoms with Crippen LogP contribution in [0.25, 0.3) is 0 Å². The highest BCUT2D eigenvalue weighted by Gasteiger charge is 2.36. The highest BCUT2D eigenvalue weighted by atomic mass is 127. The highest BCUT2D eigenvalue weighted by Crippen LogP contribution is 2.18. The van der Waals surface area contributed by atoms with Crippen LogP contribution in [0.2, 0.25) is 0 Å². The van der Waals surface area contributed by atoms with E-state index < -0.39 is 5.60 Å². The third kappa shape index (κ3) is 5.21. The summed E-state index contributed by atoms with van der Waals surface area (Å²) in [5.41, 5.74) is 1.82. The topological polar surface area (TPSA) is 70.1 Å². The summed E-state index contributed by atoms with van der Waals surface area (Å²) in [4.78, 5) is 25.1. The van der Waals surface area contributed by atoms with Crippen molar-refractivity contribution in [3.8, 4) is 0 Å². The highest BCUT2D eigenvalue weighted by molar-refractivity contribution is 14.0. The summed E-state index contributed by atoms with van der Waals surface area (Å²) in [6.45, 7) is 11.2. The van der Waals surface area contributed by atoms with Gasteiger partial charge in [-0.05, 0) is 38.8 Å². The first-order valence-corrected chi connectivity index (χ1v) is 8.75. The number of fused-ring (bicyclic) bond motifs is 1. The van der Waals surface area contributed by atoms with Crippen LogP contribution >= 0.6 is 24.0 Å². The Kier molecular flexibility index (Phi) is 6.70. The van der Waals surface area contributed by atoms with Crippen LogP contribution < -0.4 is 5.32 Å². The Hall–Kier alpha value is -1.58. The summed E-state index contributed by atoms with van der Waals surface area (Å²) in [5, 5.41) is 3.41. The van der Waals surface area contributed by atoms with Crippen molar-refractivity contribution in [2.45, 2.75) is 45.9 Å². The maximum Gasteiger partial charge on any atom is 0.410 e. The number of aromatic nitrogens is 1. The summed E-state index contributed by atoms with van der Waals surface area (Å²) in [7, 11) is 0. The molecule has 1 aromatic rings. The lowest BCUT2D eigenvalue weighted by molar-refractivity contribution is 0.0137. The third-order valence-corrected chi connectivity index (χ3v) is 4.24. The molecule has 0 saturated carbocycles. The number of aryl methyl sites for hydroxylation is 1. The molecular formula is C18H28IN5O2. The molecule has 0 radical (unpaired) electrons. The number of aliphatic imine (C=N–C) groups is 1. The molecule has 0 bridgehead atoms. The average molecular weight is 473 g/mol. The van der Waals surface area contributed by atoms with Crippen LogP contribution in [-0.2, 0) is 11.3 Å². The second-order valence-electron chi connectivity index (χ2n) is 7.66. The SMILES string of the molecule is Cc1cncc(CNC2=NCC3CN(C(=O)OC(C)(C)C)CCN23)c1.I. The van der Waals surface area contributed by atoms with E-state index in [2.05, 4.69) is 26.3 Å². The zero-order valence-corrected chi connectivity index (χ0v) is 18.2. The van der Waals surface area contributed by atoms with Crippen molar-refractivity contribution in [2.75, 3.05) is 26.2 Å². The van der Waals surface area contributed by atoms with E-state index in [4.69, 9.17) is 4.74 Å². The van der Waals surface area contributed by atoms with E-state index in [1.54, 1.807) is 4.90 Å². The smallest absolute Gasteiger partial charge is 0.410 e. The first kappa shape index (κ1) is 20.7. The number of nitrogens with zero attached hydrogens (tertiary/aromatic N) is 4. The monoisotopic (exact) mass is 473 g/mol. The van der Waals surface area contributed by atoms with Gasteiger partial charge in [-0.3, -0.25) is 9.98 Å². The maximum atomic E-state index is 12.3. The predicted octanol–water partition coefficient (Wildman–Crippen LogP) is 2.39. The molecule has 26 heavy (non-hydrogen) atoms. The van der Waals surface area contributed by atoms with Gasteiger partial charge in [0.15, 0.2) is 5.96 Å². The van der Waals surface area contributed by atoms with Crippen LogP contribution in [0, 0.1) is 6.92 Å². The van der Waals surface area contributed by atoms with Gasteiger partial charge in [-0.25, -0.2) is 4.79 Å². The number of amides is 1. The lowest BCUT2D eigenvalue weighted by Crippen LogP contribution is -2.57. The van der Waals surface area contributed by atoms with Crippen LogP contribution in [0.15, 0.2) is 23.5 Å². The van der Waals surface area contributed by atoms with E-state index in [0.717, 1.165) is 23.6 Å². The molecule has 3 rings (SSSR count). The molecule has 0 spiro atoms. The lowest BCUT2D eigenvalue weighted by Gasteiger charge is -2.39. The van der Waals surface area contributed by atoms with E-state index in [1.165, 1.54) is 0 Å². The van der Waals surface area contributed by atoms with Crippen LogP contribution in [0.3, 0.4) is 0 Å². The molecule has 0 aliphatic carbocycles. The fraction of sp³-hybridized carbons (Fsp3) is 0.611. The molecule has 144 valence electrons. The van der Waals surface area contributed by atoms with Crippen LogP contribution in [-0.4, -0.2) is 64.7 Å². The van der Waals surface area contributed by atoms with E-state index in [0.29, 0.717) is 26.2 Å². The van der Waals surface area contributed by atoms with Crippen molar-refractivity contribution in [3.63, 3.8) is 0 Å². The summed E-state index contributed by atoms with van der Waals surface area (Å²) in [6, 6.07) is 2.34. The molecule has 0 aromatic carbocycles.